The number of anilines is 1. The standard InChI is InChI=1S/C20H22FIN6O3/c1-20(2,3)27-15(29)4-5-28-14(24-16-17(23)25-19(21)26-18(16)28)7-10-6-12-13(8-11(10)22)31-9-30-12/h6,8H,4-5,7,9H2,1-3H3,(H,27,29)(H2,23,25,26). The first-order chi connectivity index (χ1) is 14.6. The first-order valence-corrected chi connectivity index (χ1v) is 10.8. The third-order valence-electron chi connectivity index (χ3n) is 4.64. The predicted octanol–water partition coefficient (Wildman–Crippen LogP) is 2.78. The van der Waals surface area contributed by atoms with Crippen LogP contribution in [-0.2, 0) is 17.8 Å². The molecule has 0 saturated carbocycles. The van der Waals surface area contributed by atoms with Crippen LogP contribution in [0.5, 0.6) is 11.5 Å². The summed E-state index contributed by atoms with van der Waals surface area (Å²) in [6.45, 7) is 6.18. The maximum Gasteiger partial charge on any atom is 0.312 e. The monoisotopic (exact) mass is 540 g/mol. The Balaban J connectivity index is 1.70. The largest absolute Gasteiger partial charge is 0.454 e. The Morgan fingerprint density at radius 3 is 2.68 bits per heavy atom. The zero-order chi connectivity index (χ0) is 22.3. The molecule has 3 heterocycles. The van der Waals surface area contributed by atoms with Gasteiger partial charge >= 0.3 is 6.08 Å². The molecule has 164 valence electrons. The van der Waals surface area contributed by atoms with Crippen LogP contribution in [0.4, 0.5) is 10.2 Å². The van der Waals surface area contributed by atoms with E-state index >= 15 is 0 Å². The maximum atomic E-state index is 13.9. The van der Waals surface area contributed by atoms with Crippen LogP contribution in [0.2, 0.25) is 0 Å². The molecule has 31 heavy (non-hydrogen) atoms. The van der Waals surface area contributed by atoms with Gasteiger partial charge < -0.3 is 25.1 Å². The van der Waals surface area contributed by atoms with Crippen molar-refractivity contribution >= 4 is 45.5 Å². The summed E-state index contributed by atoms with van der Waals surface area (Å²) in [5.41, 5.74) is 7.07. The van der Waals surface area contributed by atoms with Crippen LogP contribution >= 0.6 is 22.6 Å². The number of imidazole rings is 1. The van der Waals surface area contributed by atoms with Crippen LogP contribution in [0.1, 0.15) is 38.6 Å². The highest BCUT2D eigenvalue weighted by Gasteiger charge is 2.22. The molecule has 0 fully saturated rings. The zero-order valence-electron chi connectivity index (χ0n) is 17.3. The minimum atomic E-state index is -0.936. The summed E-state index contributed by atoms with van der Waals surface area (Å²) in [6, 6.07) is 3.80. The van der Waals surface area contributed by atoms with E-state index in [4.69, 9.17) is 15.2 Å². The number of nitrogens with zero attached hydrogens (tertiary/aromatic N) is 4. The normalized spacial score (nSPS) is 13.1. The SMILES string of the molecule is CC(C)(C)NC(=O)CCn1c(Cc2cc3c(cc2I)OCO3)nc2c(N)nc(F)nc21. The van der Waals surface area contributed by atoms with Crippen LogP contribution in [0.15, 0.2) is 12.1 Å². The number of hydrogen-bond donors (Lipinski definition) is 2. The van der Waals surface area contributed by atoms with E-state index in [0.29, 0.717) is 29.3 Å². The molecule has 0 atom stereocenters. The van der Waals surface area contributed by atoms with Crippen LogP contribution in [-0.4, -0.2) is 37.8 Å². The highest BCUT2D eigenvalue weighted by Crippen LogP contribution is 2.36. The molecule has 0 saturated heterocycles. The van der Waals surface area contributed by atoms with Gasteiger partial charge in [-0.15, -0.1) is 0 Å². The molecule has 3 N–H and O–H groups in total. The van der Waals surface area contributed by atoms with Crippen LogP contribution < -0.4 is 20.5 Å². The van der Waals surface area contributed by atoms with Crippen molar-refractivity contribution in [3.8, 4) is 11.5 Å². The molecule has 11 heteroatoms. The number of fused-ring (bicyclic) bond motifs is 2. The topological polar surface area (TPSA) is 117 Å². The van der Waals surface area contributed by atoms with E-state index < -0.39 is 6.08 Å². The van der Waals surface area contributed by atoms with Crippen molar-refractivity contribution in [2.24, 2.45) is 0 Å². The molecule has 1 aliphatic rings. The first kappa shape index (κ1) is 21.5. The van der Waals surface area contributed by atoms with Gasteiger partial charge in [0, 0.05) is 28.5 Å². The van der Waals surface area contributed by atoms with Gasteiger partial charge in [0.15, 0.2) is 28.5 Å². The fraction of sp³-hybridized carbons (Fsp3) is 0.400. The molecular formula is C20H22FIN6O3. The molecule has 0 aliphatic carbocycles. The Hall–Kier alpha value is -2.70. The van der Waals surface area contributed by atoms with Crippen molar-refractivity contribution in [3.63, 3.8) is 0 Å². The van der Waals surface area contributed by atoms with Gasteiger partial charge in [0.2, 0.25) is 12.7 Å². The minimum absolute atomic E-state index is 0.0398. The van der Waals surface area contributed by atoms with Crippen molar-refractivity contribution in [3.05, 3.63) is 33.2 Å². The van der Waals surface area contributed by atoms with Gasteiger partial charge in [0.1, 0.15) is 5.82 Å². The van der Waals surface area contributed by atoms with Gasteiger partial charge in [-0.2, -0.15) is 14.4 Å². The number of benzene rings is 1. The first-order valence-electron chi connectivity index (χ1n) is 9.68. The number of aryl methyl sites for hydroxylation is 1. The van der Waals surface area contributed by atoms with Gasteiger partial charge in [-0.1, -0.05) is 0 Å². The molecule has 1 aromatic carbocycles. The third kappa shape index (κ3) is 4.65. The van der Waals surface area contributed by atoms with E-state index in [9.17, 15) is 9.18 Å². The Morgan fingerprint density at radius 2 is 1.97 bits per heavy atom. The van der Waals surface area contributed by atoms with Gasteiger partial charge in [0.05, 0.1) is 0 Å². The number of nitrogens with two attached hydrogens (primary N) is 1. The molecule has 1 amide bonds. The second kappa shape index (κ2) is 8.09. The van der Waals surface area contributed by atoms with E-state index in [1.807, 2.05) is 32.9 Å². The van der Waals surface area contributed by atoms with E-state index in [-0.39, 0.29) is 42.7 Å². The Morgan fingerprint density at radius 1 is 1.26 bits per heavy atom. The minimum Gasteiger partial charge on any atom is -0.454 e. The number of hydrogen-bond acceptors (Lipinski definition) is 7. The summed E-state index contributed by atoms with van der Waals surface area (Å²) in [5, 5.41) is 2.92. The predicted molar refractivity (Wildman–Crippen MR) is 120 cm³/mol. The fourth-order valence-electron chi connectivity index (χ4n) is 3.37. The fourth-order valence-corrected chi connectivity index (χ4v) is 4.00. The number of halogens is 2. The summed E-state index contributed by atoms with van der Waals surface area (Å²) in [5.74, 6) is 1.79. The molecule has 9 nitrogen and oxygen atoms in total. The number of carbonyl (C=O) groups excluding carboxylic acids is 1. The van der Waals surface area contributed by atoms with E-state index in [0.717, 1.165) is 9.13 Å². The second-order valence-electron chi connectivity index (χ2n) is 8.25. The molecule has 1 aliphatic heterocycles. The maximum absolute atomic E-state index is 13.9. The van der Waals surface area contributed by atoms with Crippen LogP contribution in [0.3, 0.4) is 0 Å². The molecule has 0 bridgehead atoms. The van der Waals surface area contributed by atoms with Crippen LogP contribution in [0.25, 0.3) is 11.2 Å². The van der Waals surface area contributed by atoms with E-state index in [1.165, 1.54) is 0 Å². The van der Waals surface area contributed by atoms with Gasteiger partial charge in [-0.25, -0.2) is 4.98 Å². The van der Waals surface area contributed by atoms with Gasteiger partial charge in [0.25, 0.3) is 0 Å². The molecule has 0 unspecified atom stereocenters. The lowest BCUT2D eigenvalue weighted by atomic mass is 10.1. The lowest BCUT2D eigenvalue weighted by Gasteiger charge is -2.20. The average molecular weight is 540 g/mol. The molecule has 0 radical (unpaired) electrons. The summed E-state index contributed by atoms with van der Waals surface area (Å²) in [4.78, 5) is 24.4. The number of nitrogens with one attached hydrogen (secondary N) is 1. The van der Waals surface area contributed by atoms with Crippen LogP contribution in [0, 0.1) is 9.65 Å². The van der Waals surface area contributed by atoms with Crippen molar-refractivity contribution in [1.29, 1.82) is 0 Å². The van der Waals surface area contributed by atoms with Gasteiger partial charge in [-0.05, 0) is 61.1 Å². The van der Waals surface area contributed by atoms with Gasteiger partial charge in [-0.3, -0.25) is 4.79 Å². The Kier molecular flexibility index (Phi) is 5.62. The Labute approximate surface area is 191 Å². The van der Waals surface area contributed by atoms with Crippen molar-refractivity contribution < 1.29 is 18.7 Å². The van der Waals surface area contributed by atoms with Crippen molar-refractivity contribution in [2.75, 3.05) is 12.5 Å². The number of aromatic nitrogens is 4. The molecular weight excluding hydrogens is 518 g/mol. The van der Waals surface area contributed by atoms with E-state index in [2.05, 4.69) is 42.9 Å². The summed E-state index contributed by atoms with van der Waals surface area (Å²) in [6.07, 6.45) is -0.346. The molecule has 4 rings (SSSR count). The Bertz CT molecular complexity index is 1170. The number of rotatable bonds is 5. The summed E-state index contributed by atoms with van der Waals surface area (Å²) < 4.78 is 27.5. The number of amides is 1. The molecule has 0 spiro atoms. The number of carbonyl (C=O) groups is 1. The quantitative estimate of drug-likeness (QED) is 0.378. The summed E-state index contributed by atoms with van der Waals surface area (Å²) >= 11 is 2.22. The molecule has 2 aromatic heterocycles. The van der Waals surface area contributed by atoms with Crippen molar-refractivity contribution in [1.82, 2.24) is 24.8 Å². The average Bonchev–Trinajstić information content (AvgIpc) is 3.23. The molecule has 3 aromatic rings. The number of nitrogen functional groups attached to an aromatic ring is 1. The number of ether oxygens (including phenoxy) is 2. The van der Waals surface area contributed by atoms with Crippen molar-refractivity contribution in [2.45, 2.75) is 45.7 Å². The zero-order valence-corrected chi connectivity index (χ0v) is 19.5. The lowest BCUT2D eigenvalue weighted by Crippen LogP contribution is -2.40. The highest BCUT2D eigenvalue weighted by molar-refractivity contribution is 14.1. The smallest absolute Gasteiger partial charge is 0.312 e. The second-order valence-corrected chi connectivity index (χ2v) is 9.41. The lowest BCUT2D eigenvalue weighted by molar-refractivity contribution is -0.122. The highest BCUT2D eigenvalue weighted by atomic mass is 127. The van der Waals surface area contributed by atoms with E-state index in [1.54, 1.807) is 4.57 Å². The summed E-state index contributed by atoms with van der Waals surface area (Å²) in [7, 11) is 0. The third-order valence-corrected chi connectivity index (χ3v) is 5.64.